The van der Waals surface area contributed by atoms with Crippen LogP contribution in [0.2, 0.25) is 0 Å². The Labute approximate surface area is 127 Å². The lowest BCUT2D eigenvalue weighted by Crippen LogP contribution is -2.18. The van der Waals surface area contributed by atoms with E-state index in [0.29, 0.717) is 6.10 Å². The molecule has 20 heavy (non-hydrogen) atoms. The van der Waals surface area contributed by atoms with Gasteiger partial charge in [0.25, 0.3) is 0 Å². The molecule has 0 aliphatic heterocycles. The predicted molar refractivity (Wildman–Crippen MR) is 88.4 cm³/mol. The Morgan fingerprint density at radius 2 is 1.20 bits per heavy atom. The van der Waals surface area contributed by atoms with Gasteiger partial charge < -0.3 is 9.47 Å². The van der Waals surface area contributed by atoms with Crippen molar-refractivity contribution in [2.75, 3.05) is 20.3 Å². The highest BCUT2D eigenvalue weighted by Gasteiger charge is 2.06. The Bertz CT molecular complexity index is 165. The maximum atomic E-state index is 5.65. The van der Waals surface area contributed by atoms with Crippen molar-refractivity contribution in [2.24, 2.45) is 0 Å². The third kappa shape index (κ3) is 14.3. The van der Waals surface area contributed by atoms with E-state index in [1.165, 1.54) is 70.6 Å². The topological polar surface area (TPSA) is 18.5 Å². The third-order valence-corrected chi connectivity index (χ3v) is 3.88. The molecule has 0 fully saturated rings. The Morgan fingerprint density at radius 3 is 1.65 bits per heavy atom. The van der Waals surface area contributed by atoms with Gasteiger partial charge in [0.2, 0.25) is 0 Å². The first-order chi connectivity index (χ1) is 9.85. The fourth-order valence-electron chi connectivity index (χ4n) is 2.67. The highest BCUT2D eigenvalue weighted by atomic mass is 16.5. The molecule has 0 aliphatic carbocycles. The lowest BCUT2D eigenvalue weighted by Gasteiger charge is -2.15. The number of methoxy groups -OCH3 is 1. The molecule has 1 unspecified atom stereocenters. The molecule has 0 aromatic heterocycles. The molecule has 0 amide bonds. The Balaban J connectivity index is 3.18. The summed E-state index contributed by atoms with van der Waals surface area (Å²) in [5, 5.41) is 0. The van der Waals surface area contributed by atoms with Crippen LogP contribution in [0.5, 0.6) is 0 Å². The summed E-state index contributed by atoms with van der Waals surface area (Å²) < 4.78 is 10.8. The van der Waals surface area contributed by atoms with E-state index in [-0.39, 0.29) is 0 Å². The van der Waals surface area contributed by atoms with Crippen LogP contribution < -0.4 is 0 Å². The minimum Gasteiger partial charge on any atom is -0.382 e. The SMILES string of the molecule is CCCCCCCCCCCCCC(COC)OCC. The van der Waals surface area contributed by atoms with Crippen molar-refractivity contribution in [3.05, 3.63) is 0 Å². The van der Waals surface area contributed by atoms with Crippen LogP contribution in [-0.4, -0.2) is 26.4 Å². The normalized spacial score (nSPS) is 12.8. The summed E-state index contributed by atoms with van der Waals surface area (Å²) in [7, 11) is 1.76. The Kier molecular flexibility index (Phi) is 16.9. The van der Waals surface area contributed by atoms with Crippen molar-refractivity contribution in [3.63, 3.8) is 0 Å². The molecule has 0 saturated carbocycles. The lowest BCUT2D eigenvalue weighted by molar-refractivity contribution is -0.00162. The monoisotopic (exact) mass is 286 g/mol. The molecular weight excluding hydrogens is 248 g/mol. The largest absolute Gasteiger partial charge is 0.382 e. The highest BCUT2D eigenvalue weighted by Crippen LogP contribution is 2.13. The molecule has 0 rings (SSSR count). The molecule has 0 aromatic carbocycles. The van der Waals surface area contributed by atoms with E-state index in [4.69, 9.17) is 9.47 Å². The highest BCUT2D eigenvalue weighted by molar-refractivity contribution is 4.57. The van der Waals surface area contributed by atoms with E-state index in [1.54, 1.807) is 7.11 Å². The van der Waals surface area contributed by atoms with Gasteiger partial charge >= 0.3 is 0 Å². The van der Waals surface area contributed by atoms with Crippen LogP contribution >= 0.6 is 0 Å². The van der Waals surface area contributed by atoms with Crippen molar-refractivity contribution in [2.45, 2.75) is 97.0 Å². The minimum absolute atomic E-state index is 0.309. The van der Waals surface area contributed by atoms with E-state index in [0.717, 1.165) is 19.6 Å². The zero-order valence-corrected chi connectivity index (χ0v) is 14.3. The van der Waals surface area contributed by atoms with Gasteiger partial charge in [0.05, 0.1) is 12.7 Å². The summed E-state index contributed by atoms with van der Waals surface area (Å²) in [5.74, 6) is 0. The smallest absolute Gasteiger partial charge is 0.0808 e. The molecule has 2 nitrogen and oxygen atoms in total. The van der Waals surface area contributed by atoms with Gasteiger partial charge in [-0.05, 0) is 13.3 Å². The fraction of sp³-hybridized carbons (Fsp3) is 1.00. The molecule has 0 spiro atoms. The van der Waals surface area contributed by atoms with Crippen molar-refractivity contribution < 1.29 is 9.47 Å². The molecular formula is C18H38O2. The van der Waals surface area contributed by atoms with Crippen LogP contribution in [0.3, 0.4) is 0 Å². The van der Waals surface area contributed by atoms with Crippen LogP contribution in [-0.2, 0) is 9.47 Å². The quantitative estimate of drug-likeness (QED) is 0.337. The maximum Gasteiger partial charge on any atom is 0.0808 e. The second-order valence-electron chi connectivity index (χ2n) is 5.86. The van der Waals surface area contributed by atoms with Crippen molar-refractivity contribution in [1.82, 2.24) is 0 Å². The molecule has 0 heterocycles. The number of hydrogen-bond donors (Lipinski definition) is 0. The average molecular weight is 286 g/mol. The second-order valence-corrected chi connectivity index (χ2v) is 5.86. The van der Waals surface area contributed by atoms with Gasteiger partial charge in [-0.1, -0.05) is 77.6 Å². The van der Waals surface area contributed by atoms with Gasteiger partial charge in [-0.3, -0.25) is 0 Å². The van der Waals surface area contributed by atoms with Gasteiger partial charge in [0.15, 0.2) is 0 Å². The van der Waals surface area contributed by atoms with Crippen LogP contribution in [0.25, 0.3) is 0 Å². The van der Waals surface area contributed by atoms with E-state index in [9.17, 15) is 0 Å². The van der Waals surface area contributed by atoms with Crippen molar-refractivity contribution >= 4 is 0 Å². The summed E-state index contributed by atoms with van der Waals surface area (Å²) in [6.07, 6.45) is 16.9. The zero-order chi connectivity index (χ0) is 14.9. The number of unbranched alkanes of at least 4 members (excludes halogenated alkanes) is 10. The summed E-state index contributed by atoms with van der Waals surface area (Å²) in [6.45, 7) is 5.88. The lowest BCUT2D eigenvalue weighted by atomic mass is 10.0. The van der Waals surface area contributed by atoms with E-state index in [2.05, 4.69) is 13.8 Å². The molecule has 2 heteroatoms. The third-order valence-electron chi connectivity index (χ3n) is 3.88. The molecule has 0 bridgehead atoms. The predicted octanol–water partition coefficient (Wildman–Crippen LogP) is 5.74. The van der Waals surface area contributed by atoms with Crippen LogP contribution in [0.4, 0.5) is 0 Å². The standard InChI is InChI=1S/C18H38O2/c1-4-6-7-8-9-10-11-12-13-14-15-16-18(17-19-3)20-5-2/h18H,4-17H2,1-3H3. The molecule has 0 aliphatic rings. The van der Waals surface area contributed by atoms with Crippen LogP contribution in [0, 0.1) is 0 Å². The van der Waals surface area contributed by atoms with E-state index < -0.39 is 0 Å². The molecule has 0 radical (unpaired) electrons. The maximum absolute atomic E-state index is 5.65. The molecule has 1 atom stereocenters. The zero-order valence-electron chi connectivity index (χ0n) is 14.3. The molecule has 0 saturated heterocycles. The Hall–Kier alpha value is -0.0800. The van der Waals surface area contributed by atoms with Gasteiger partial charge in [-0.25, -0.2) is 0 Å². The molecule has 122 valence electrons. The van der Waals surface area contributed by atoms with Gasteiger partial charge in [0.1, 0.15) is 0 Å². The summed E-state index contributed by atoms with van der Waals surface area (Å²) in [4.78, 5) is 0. The summed E-state index contributed by atoms with van der Waals surface area (Å²) in [6, 6.07) is 0. The molecule has 0 aromatic rings. The second kappa shape index (κ2) is 17.0. The number of hydrogen-bond acceptors (Lipinski definition) is 2. The van der Waals surface area contributed by atoms with Crippen molar-refractivity contribution in [3.8, 4) is 0 Å². The van der Waals surface area contributed by atoms with Gasteiger partial charge in [-0.15, -0.1) is 0 Å². The first-order valence-electron chi connectivity index (χ1n) is 8.95. The van der Waals surface area contributed by atoms with Crippen LogP contribution in [0.15, 0.2) is 0 Å². The van der Waals surface area contributed by atoms with Crippen molar-refractivity contribution in [1.29, 1.82) is 0 Å². The van der Waals surface area contributed by atoms with E-state index in [1.807, 2.05) is 0 Å². The minimum atomic E-state index is 0.309. The van der Waals surface area contributed by atoms with Crippen LogP contribution in [0.1, 0.15) is 90.9 Å². The fourth-order valence-corrected chi connectivity index (χ4v) is 2.67. The molecule has 0 N–H and O–H groups in total. The first kappa shape index (κ1) is 19.9. The van der Waals surface area contributed by atoms with Gasteiger partial charge in [-0.2, -0.15) is 0 Å². The number of ether oxygens (including phenoxy) is 2. The Morgan fingerprint density at radius 1 is 0.700 bits per heavy atom. The first-order valence-corrected chi connectivity index (χ1v) is 8.95. The number of rotatable bonds is 16. The van der Waals surface area contributed by atoms with E-state index >= 15 is 0 Å². The summed E-state index contributed by atoms with van der Waals surface area (Å²) >= 11 is 0. The summed E-state index contributed by atoms with van der Waals surface area (Å²) in [5.41, 5.74) is 0. The van der Waals surface area contributed by atoms with Gasteiger partial charge in [0, 0.05) is 13.7 Å². The average Bonchev–Trinajstić information content (AvgIpc) is 2.45.